The highest BCUT2D eigenvalue weighted by Crippen LogP contribution is 2.26. The fraction of sp³-hybridized carbons (Fsp3) is 0.467. The van der Waals surface area contributed by atoms with Crippen LogP contribution in [-0.4, -0.2) is 25.0 Å². The van der Waals surface area contributed by atoms with Gasteiger partial charge in [0.05, 0.1) is 12.5 Å². The number of nitrogens with zero attached hydrogens (tertiary/aromatic N) is 1. The van der Waals surface area contributed by atoms with E-state index in [2.05, 4.69) is 6.92 Å². The molecule has 1 aromatic carbocycles. The van der Waals surface area contributed by atoms with E-state index in [1.54, 1.807) is 4.90 Å². The van der Waals surface area contributed by atoms with Crippen molar-refractivity contribution in [2.45, 2.75) is 26.2 Å². The van der Waals surface area contributed by atoms with Crippen LogP contribution in [0.4, 0.5) is 5.69 Å². The van der Waals surface area contributed by atoms with Crippen LogP contribution in [0.2, 0.25) is 0 Å². The lowest BCUT2D eigenvalue weighted by molar-refractivity contribution is -0.123. The van der Waals surface area contributed by atoms with Crippen molar-refractivity contribution < 1.29 is 14.3 Å². The number of nitrogens with two attached hydrogens (primary N) is 1. The van der Waals surface area contributed by atoms with Gasteiger partial charge in [-0.2, -0.15) is 0 Å². The van der Waals surface area contributed by atoms with Gasteiger partial charge in [-0.15, -0.1) is 0 Å². The van der Waals surface area contributed by atoms with Crippen molar-refractivity contribution in [3.63, 3.8) is 0 Å². The van der Waals surface area contributed by atoms with Gasteiger partial charge in [0, 0.05) is 18.7 Å². The highest BCUT2D eigenvalue weighted by atomic mass is 16.5. The van der Waals surface area contributed by atoms with E-state index in [9.17, 15) is 9.59 Å². The Balaban J connectivity index is 1.99. The lowest BCUT2D eigenvalue weighted by Gasteiger charge is -2.16. The van der Waals surface area contributed by atoms with Gasteiger partial charge in [0.2, 0.25) is 11.8 Å². The lowest BCUT2D eigenvalue weighted by atomic mass is 10.1. The van der Waals surface area contributed by atoms with Gasteiger partial charge in [0.15, 0.2) is 0 Å². The molecule has 1 saturated heterocycles. The van der Waals surface area contributed by atoms with Crippen LogP contribution < -0.4 is 15.4 Å². The molecule has 0 radical (unpaired) electrons. The standard InChI is InChI=1S/C15H20N2O3/c1-2-3-8-20-13-6-4-12(5-7-13)17-10-11(15(16)19)9-14(17)18/h4-7,11H,2-3,8-10H2,1H3,(H2,16,19)/t11-/m1/s1. The van der Waals surface area contributed by atoms with Crippen LogP contribution >= 0.6 is 0 Å². The second kappa shape index (κ2) is 6.41. The molecule has 0 aromatic heterocycles. The van der Waals surface area contributed by atoms with Gasteiger partial charge in [-0.1, -0.05) is 13.3 Å². The Morgan fingerprint density at radius 2 is 2.10 bits per heavy atom. The summed E-state index contributed by atoms with van der Waals surface area (Å²) in [6, 6.07) is 7.36. The second-order valence-electron chi connectivity index (χ2n) is 5.00. The summed E-state index contributed by atoms with van der Waals surface area (Å²) >= 11 is 0. The predicted molar refractivity (Wildman–Crippen MR) is 76.5 cm³/mol. The minimum absolute atomic E-state index is 0.0616. The molecule has 1 aliphatic rings. The number of carbonyl (C=O) groups excluding carboxylic acids is 2. The Hall–Kier alpha value is -2.04. The molecule has 0 aliphatic carbocycles. The topological polar surface area (TPSA) is 72.6 Å². The summed E-state index contributed by atoms with van der Waals surface area (Å²) in [4.78, 5) is 24.6. The zero-order valence-electron chi connectivity index (χ0n) is 11.7. The minimum atomic E-state index is -0.416. The van der Waals surface area contributed by atoms with Crippen LogP contribution in [0.1, 0.15) is 26.2 Å². The molecule has 1 fully saturated rings. The number of hydrogen-bond acceptors (Lipinski definition) is 3. The normalized spacial score (nSPS) is 18.4. The highest BCUT2D eigenvalue weighted by molar-refractivity contribution is 6.00. The van der Waals surface area contributed by atoms with E-state index in [0.717, 1.165) is 24.3 Å². The number of primary amides is 1. The van der Waals surface area contributed by atoms with E-state index in [-0.39, 0.29) is 18.2 Å². The molecule has 1 aliphatic heterocycles. The van der Waals surface area contributed by atoms with Crippen molar-refractivity contribution in [3.8, 4) is 5.75 Å². The summed E-state index contributed by atoms with van der Waals surface area (Å²) in [5.74, 6) is -0.0721. The number of rotatable bonds is 6. The fourth-order valence-corrected chi connectivity index (χ4v) is 2.20. The fourth-order valence-electron chi connectivity index (χ4n) is 2.20. The molecule has 0 unspecified atom stereocenters. The van der Waals surface area contributed by atoms with E-state index in [4.69, 9.17) is 10.5 Å². The van der Waals surface area contributed by atoms with Crippen LogP contribution in [0.25, 0.3) is 0 Å². The van der Waals surface area contributed by atoms with Crippen molar-refractivity contribution in [1.29, 1.82) is 0 Å². The van der Waals surface area contributed by atoms with Crippen LogP contribution in [0, 0.1) is 5.92 Å². The van der Waals surface area contributed by atoms with Gasteiger partial charge >= 0.3 is 0 Å². The lowest BCUT2D eigenvalue weighted by Crippen LogP contribution is -2.28. The molecule has 2 rings (SSSR count). The number of unbranched alkanes of at least 4 members (excludes halogenated alkanes) is 1. The molecule has 0 spiro atoms. The number of hydrogen-bond donors (Lipinski definition) is 1. The van der Waals surface area contributed by atoms with E-state index < -0.39 is 5.91 Å². The molecule has 0 saturated carbocycles. The third kappa shape index (κ3) is 3.29. The molecule has 2 amide bonds. The predicted octanol–water partition coefficient (Wildman–Crippen LogP) is 1.70. The SMILES string of the molecule is CCCCOc1ccc(N2C[C@H](C(N)=O)CC2=O)cc1. The third-order valence-electron chi connectivity index (χ3n) is 3.44. The minimum Gasteiger partial charge on any atom is -0.494 e. The zero-order chi connectivity index (χ0) is 14.5. The first kappa shape index (κ1) is 14.4. The molecule has 1 atom stereocenters. The highest BCUT2D eigenvalue weighted by Gasteiger charge is 2.33. The summed E-state index contributed by atoms with van der Waals surface area (Å²) in [7, 11) is 0. The number of ether oxygens (including phenoxy) is 1. The van der Waals surface area contributed by atoms with E-state index in [1.807, 2.05) is 24.3 Å². The molecular weight excluding hydrogens is 256 g/mol. The van der Waals surface area contributed by atoms with Gasteiger partial charge in [-0.05, 0) is 30.7 Å². The second-order valence-corrected chi connectivity index (χ2v) is 5.00. The maximum absolute atomic E-state index is 11.9. The van der Waals surface area contributed by atoms with Crippen molar-refractivity contribution in [2.75, 3.05) is 18.1 Å². The van der Waals surface area contributed by atoms with Crippen molar-refractivity contribution in [3.05, 3.63) is 24.3 Å². The number of carbonyl (C=O) groups is 2. The Labute approximate surface area is 118 Å². The van der Waals surface area contributed by atoms with Gasteiger partial charge in [0.1, 0.15) is 5.75 Å². The quantitative estimate of drug-likeness (QED) is 0.804. The average Bonchev–Trinajstić information content (AvgIpc) is 2.82. The average molecular weight is 276 g/mol. The molecule has 0 bridgehead atoms. The Morgan fingerprint density at radius 3 is 2.65 bits per heavy atom. The van der Waals surface area contributed by atoms with E-state index in [1.165, 1.54) is 0 Å². The monoisotopic (exact) mass is 276 g/mol. The molecule has 5 nitrogen and oxygen atoms in total. The van der Waals surface area contributed by atoms with Crippen molar-refractivity contribution >= 4 is 17.5 Å². The Kier molecular flexibility index (Phi) is 4.61. The maximum atomic E-state index is 11.9. The molecular formula is C15H20N2O3. The summed E-state index contributed by atoms with van der Waals surface area (Å²) in [6.45, 7) is 3.17. The first-order valence-electron chi connectivity index (χ1n) is 6.94. The van der Waals surface area contributed by atoms with Crippen LogP contribution in [-0.2, 0) is 9.59 Å². The largest absolute Gasteiger partial charge is 0.494 e. The summed E-state index contributed by atoms with van der Waals surface area (Å²) in [5, 5.41) is 0. The zero-order valence-corrected chi connectivity index (χ0v) is 11.7. The van der Waals surface area contributed by atoms with Gasteiger partial charge in [-0.3, -0.25) is 9.59 Å². The summed E-state index contributed by atoms with van der Waals surface area (Å²) < 4.78 is 5.57. The van der Waals surface area contributed by atoms with Crippen molar-refractivity contribution in [2.24, 2.45) is 11.7 Å². The molecule has 108 valence electrons. The summed E-state index contributed by atoms with van der Waals surface area (Å²) in [5.41, 5.74) is 6.03. The van der Waals surface area contributed by atoms with Crippen LogP contribution in [0.5, 0.6) is 5.75 Å². The molecule has 2 N–H and O–H groups in total. The first-order chi connectivity index (χ1) is 9.61. The number of anilines is 1. The Bertz CT molecular complexity index is 484. The molecule has 1 heterocycles. The first-order valence-corrected chi connectivity index (χ1v) is 6.94. The van der Waals surface area contributed by atoms with Crippen molar-refractivity contribution in [1.82, 2.24) is 0 Å². The molecule has 1 aromatic rings. The van der Waals surface area contributed by atoms with Gasteiger partial charge in [-0.25, -0.2) is 0 Å². The number of benzene rings is 1. The number of amides is 2. The van der Waals surface area contributed by atoms with Crippen LogP contribution in [0.3, 0.4) is 0 Å². The molecule has 5 heteroatoms. The third-order valence-corrected chi connectivity index (χ3v) is 3.44. The molecule has 20 heavy (non-hydrogen) atoms. The Morgan fingerprint density at radius 1 is 1.40 bits per heavy atom. The van der Waals surface area contributed by atoms with E-state index >= 15 is 0 Å². The maximum Gasteiger partial charge on any atom is 0.227 e. The van der Waals surface area contributed by atoms with Gasteiger partial charge < -0.3 is 15.4 Å². The van der Waals surface area contributed by atoms with Crippen LogP contribution in [0.15, 0.2) is 24.3 Å². The summed E-state index contributed by atoms with van der Waals surface area (Å²) in [6.07, 6.45) is 2.31. The van der Waals surface area contributed by atoms with Gasteiger partial charge in [0.25, 0.3) is 0 Å². The van der Waals surface area contributed by atoms with E-state index in [0.29, 0.717) is 13.2 Å². The smallest absolute Gasteiger partial charge is 0.227 e.